The van der Waals surface area contributed by atoms with E-state index < -0.39 is 0 Å². The summed E-state index contributed by atoms with van der Waals surface area (Å²) in [4.78, 5) is 11.7. The van der Waals surface area contributed by atoms with Gasteiger partial charge in [0, 0.05) is 11.8 Å². The lowest BCUT2D eigenvalue weighted by Crippen LogP contribution is -2.07. The van der Waals surface area contributed by atoms with Gasteiger partial charge in [0.25, 0.3) is 0 Å². The fourth-order valence-electron chi connectivity index (χ4n) is 1.65. The fourth-order valence-corrected chi connectivity index (χ4v) is 1.65. The summed E-state index contributed by atoms with van der Waals surface area (Å²) >= 11 is 0. The zero-order valence-electron chi connectivity index (χ0n) is 10.9. The number of rotatable bonds is 3. The third-order valence-electron chi connectivity index (χ3n) is 2.72. The third kappa shape index (κ3) is 3.75. The number of nitrogens with one attached hydrogen (secondary N) is 1. The molecule has 0 aliphatic carbocycles. The molecule has 0 saturated heterocycles. The summed E-state index contributed by atoms with van der Waals surface area (Å²) in [5.41, 5.74) is 1.71. The number of benzene rings is 2. The van der Waals surface area contributed by atoms with Gasteiger partial charge in [0.2, 0.25) is 5.91 Å². The predicted molar refractivity (Wildman–Crippen MR) is 75.2 cm³/mol. The Morgan fingerprint density at radius 1 is 1.10 bits per heavy atom. The average Bonchev–Trinajstić information content (AvgIpc) is 2.42. The summed E-state index contributed by atoms with van der Waals surface area (Å²) in [7, 11) is 0. The largest absolute Gasteiger partial charge is 0.323 e. The molecule has 0 spiro atoms. The Labute approximate surface area is 115 Å². The highest BCUT2D eigenvalue weighted by Crippen LogP contribution is 2.13. The molecule has 2 rings (SSSR count). The molecular formula is C16H13F2NO. The molecule has 102 valence electrons. The maximum Gasteiger partial charge on any atom is 0.248 e. The minimum absolute atomic E-state index is 0.315. The molecule has 0 atom stereocenters. The van der Waals surface area contributed by atoms with Crippen LogP contribution in [-0.4, -0.2) is 5.91 Å². The van der Waals surface area contributed by atoms with E-state index in [0.717, 1.165) is 5.56 Å². The molecule has 0 bridgehead atoms. The number of hydrogen-bond acceptors (Lipinski definition) is 1. The van der Waals surface area contributed by atoms with Crippen molar-refractivity contribution in [3.63, 3.8) is 0 Å². The number of hydrogen-bond donors (Lipinski definition) is 1. The third-order valence-corrected chi connectivity index (χ3v) is 2.72. The highest BCUT2D eigenvalue weighted by Gasteiger charge is 2.01. The van der Waals surface area contributed by atoms with Crippen LogP contribution in [-0.2, 0) is 4.79 Å². The van der Waals surface area contributed by atoms with E-state index in [1.54, 1.807) is 31.2 Å². The second-order valence-electron chi connectivity index (χ2n) is 4.34. The summed E-state index contributed by atoms with van der Waals surface area (Å²) in [6, 6.07) is 10.1. The van der Waals surface area contributed by atoms with E-state index in [-0.39, 0.29) is 17.5 Å². The lowest BCUT2D eigenvalue weighted by molar-refractivity contribution is -0.111. The van der Waals surface area contributed by atoms with Gasteiger partial charge in [-0.05, 0) is 54.5 Å². The first-order valence-corrected chi connectivity index (χ1v) is 6.05. The maximum absolute atomic E-state index is 13.1. The van der Waals surface area contributed by atoms with Crippen LogP contribution >= 0.6 is 0 Å². The van der Waals surface area contributed by atoms with Gasteiger partial charge in [-0.15, -0.1) is 0 Å². The molecule has 2 nitrogen and oxygen atoms in total. The molecule has 0 unspecified atom stereocenters. The Hall–Kier alpha value is -2.49. The molecule has 1 N–H and O–H groups in total. The number of carbonyl (C=O) groups excluding carboxylic acids is 1. The van der Waals surface area contributed by atoms with E-state index >= 15 is 0 Å². The van der Waals surface area contributed by atoms with Gasteiger partial charge in [-0.1, -0.05) is 12.1 Å². The molecule has 0 radical (unpaired) electrons. The Balaban J connectivity index is 2.01. The van der Waals surface area contributed by atoms with Crippen LogP contribution in [0.25, 0.3) is 6.08 Å². The van der Waals surface area contributed by atoms with Crippen molar-refractivity contribution in [1.29, 1.82) is 0 Å². The van der Waals surface area contributed by atoms with E-state index in [2.05, 4.69) is 5.32 Å². The predicted octanol–water partition coefficient (Wildman–Crippen LogP) is 3.93. The first-order valence-electron chi connectivity index (χ1n) is 6.05. The van der Waals surface area contributed by atoms with Crippen molar-refractivity contribution in [3.05, 3.63) is 71.3 Å². The molecular weight excluding hydrogens is 260 g/mol. The normalized spacial score (nSPS) is 10.8. The summed E-state index contributed by atoms with van der Waals surface area (Å²) in [6.07, 6.45) is 2.91. The lowest BCUT2D eigenvalue weighted by Gasteiger charge is -2.03. The molecule has 1 amide bonds. The number of aryl methyl sites for hydroxylation is 1. The smallest absolute Gasteiger partial charge is 0.248 e. The quantitative estimate of drug-likeness (QED) is 0.844. The summed E-state index contributed by atoms with van der Waals surface area (Å²) in [6.45, 7) is 1.62. The van der Waals surface area contributed by atoms with Crippen molar-refractivity contribution in [2.45, 2.75) is 6.92 Å². The average molecular weight is 273 g/mol. The Kier molecular flexibility index (Phi) is 4.25. The summed E-state index contributed by atoms with van der Waals surface area (Å²) in [5.74, 6) is -0.974. The van der Waals surface area contributed by atoms with E-state index in [4.69, 9.17) is 0 Å². The zero-order chi connectivity index (χ0) is 14.5. The van der Waals surface area contributed by atoms with Crippen LogP contribution in [0.15, 0.2) is 48.5 Å². The van der Waals surface area contributed by atoms with Gasteiger partial charge in [0.1, 0.15) is 11.6 Å². The fraction of sp³-hybridized carbons (Fsp3) is 0.0625. The van der Waals surface area contributed by atoms with E-state index in [1.807, 2.05) is 0 Å². The minimum Gasteiger partial charge on any atom is -0.323 e. The molecule has 20 heavy (non-hydrogen) atoms. The summed E-state index contributed by atoms with van der Waals surface area (Å²) < 4.78 is 25.8. The Morgan fingerprint density at radius 3 is 2.45 bits per heavy atom. The van der Waals surface area contributed by atoms with Crippen molar-refractivity contribution >= 4 is 17.7 Å². The highest BCUT2D eigenvalue weighted by atomic mass is 19.1. The first kappa shape index (κ1) is 13.9. The van der Waals surface area contributed by atoms with Gasteiger partial charge in [0.05, 0.1) is 0 Å². The second kappa shape index (κ2) is 6.10. The van der Waals surface area contributed by atoms with Gasteiger partial charge >= 0.3 is 0 Å². The molecule has 2 aromatic rings. The topological polar surface area (TPSA) is 29.1 Å². The molecule has 0 aliphatic heterocycles. The van der Waals surface area contributed by atoms with Crippen molar-refractivity contribution in [2.75, 3.05) is 5.32 Å². The van der Waals surface area contributed by atoms with Crippen LogP contribution in [0.5, 0.6) is 0 Å². The molecule has 2 aromatic carbocycles. The van der Waals surface area contributed by atoms with Gasteiger partial charge < -0.3 is 5.32 Å². The number of anilines is 1. The van der Waals surface area contributed by atoms with Crippen LogP contribution < -0.4 is 5.32 Å². The van der Waals surface area contributed by atoms with Gasteiger partial charge in [-0.3, -0.25) is 4.79 Å². The maximum atomic E-state index is 13.1. The van der Waals surface area contributed by atoms with Crippen LogP contribution in [0.3, 0.4) is 0 Å². The number of carbonyl (C=O) groups is 1. The molecule has 0 aromatic heterocycles. The monoisotopic (exact) mass is 273 g/mol. The van der Waals surface area contributed by atoms with Crippen molar-refractivity contribution in [3.8, 4) is 0 Å². The van der Waals surface area contributed by atoms with Crippen LogP contribution in [0.4, 0.5) is 14.5 Å². The number of amides is 1. The molecule has 0 fully saturated rings. The SMILES string of the molecule is Cc1cc(NC(=O)/C=C/c2ccc(F)cc2)ccc1F. The van der Waals surface area contributed by atoms with Crippen molar-refractivity contribution < 1.29 is 13.6 Å². The molecule has 0 aliphatic rings. The lowest BCUT2D eigenvalue weighted by atomic mass is 10.2. The first-order chi connectivity index (χ1) is 9.54. The number of halogens is 2. The van der Waals surface area contributed by atoms with Gasteiger partial charge in [0.15, 0.2) is 0 Å². The Morgan fingerprint density at radius 2 is 1.80 bits per heavy atom. The van der Waals surface area contributed by atoms with Crippen molar-refractivity contribution in [2.24, 2.45) is 0 Å². The summed E-state index contributed by atoms with van der Waals surface area (Å²) in [5, 5.41) is 2.63. The van der Waals surface area contributed by atoms with E-state index in [1.165, 1.54) is 30.3 Å². The minimum atomic E-state index is -0.333. The second-order valence-corrected chi connectivity index (χ2v) is 4.34. The van der Waals surface area contributed by atoms with Crippen molar-refractivity contribution in [1.82, 2.24) is 0 Å². The van der Waals surface area contributed by atoms with Gasteiger partial charge in [-0.25, -0.2) is 8.78 Å². The van der Waals surface area contributed by atoms with Crippen LogP contribution in [0.2, 0.25) is 0 Å². The standard InChI is InChI=1S/C16H13F2NO/c1-11-10-14(7-8-15(11)18)19-16(20)9-4-12-2-5-13(17)6-3-12/h2-10H,1H3,(H,19,20)/b9-4+. The van der Waals surface area contributed by atoms with Crippen LogP contribution in [0.1, 0.15) is 11.1 Å². The van der Waals surface area contributed by atoms with E-state index in [9.17, 15) is 13.6 Å². The van der Waals surface area contributed by atoms with Crippen LogP contribution in [0, 0.1) is 18.6 Å². The van der Waals surface area contributed by atoms with E-state index in [0.29, 0.717) is 11.3 Å². The molecule has 0 saturated carbocycles. The Bertz CT molecular complexity index is 648. The zero-order valence-corrected chi connectivity index (χ0v) is 10.9. The molecule has 4 heteroatoms. The molecule has 0 heterocycles. The highest BCUT2D eigenvalue weighted by molar-refractivity contribution is 6.01. The van der Waals surface area contributed by atoms with Gasteiger partial charge in [-0.2, -0.15) is 0 Å².